The lowest BCUT2D eigenvalue weighted by Crippen LogP contribution is -2.46. The van der Waals surface area contributed by atoms with Crippen molar-refractivity contribution in [1.82, 2.24) is 4.90 Å². The lowest BCUT2D eigenvalue weighted by Gasteiger charge is -2.35. The maximum absolute atomic E-state index is 12.2. The van der Waals surface area contributed by atoms with Gasteiger partial charge in [0.25, 0.3) is 5.91 Å². The molecule has 0 atom stereocenters. The van der Waals surface area contributed by atoms with Crippen molar-refractivity contribution in [2.75, 3.05) is 42.9 Å². The highest BCUT2D eigenvalue weighted by atomic mass is 16.6. The quantitative estimate of drug-likeness (QED) is 0.653. The van der Waals surface area contributed by atoms with Crippen molar-refractivity contribution in [1.29, 1.82) is 0 Å². The molecule has 26 heavy (non-hydrogen) atoms. The summed E-state index contributed by atoms with van der Waals surface area (Å²) in [6, 6.07) is 8.34. The number of hydrogen-bond acceptors (Lipinski definition) is 6. The highest BCUT2D eigenvalue weighted by Gasteiger charge is 2.19. The van der Waals surface area contributed by atoms with Gasteiger partial charge in [-0.05, 0) is 43.3 Å². The largest absolute Gasteiger partial charge is 0.433 e. The number of piperazine rings is 1. The topological polar surface area (TPSA) is 91.9 Å². The van der Waals surface area contributed by atoms with E-state index >= 15 is 0 Å². The summed E-state index contributed by atoms with van der Waals surface area (Å²) in [4.78, 5) is 26.9. The standard InChI is InChI=1S/C18H22N4O4/c1-3-20-8-10-21(11-9-20)14-4-5-15(13(2)12-14)19-18(23)16-6-7-17(26-16)22(24)25/h4-7,12H,3,8-11H2,1-2H3,(H,19,23). The molecule has 1 N–H and O–H groups in total. The second-order valence-corrected chi connectivity index (χ2v) is 6.27. The van der Waals surface area contributed by atoms with E-state index in [1.165, 1.54) is 12.1 Å². The average Bonchev–Trinajstić information content (AvgIpc) is 3.14. The van der Waals surface area contributed by atoms with Crippen molar-refractivity contribution in [2.24, 2.45) is 0 Å². The summed E-state index contributed by atoms with van der Waals surface area (Å²) in [5.41, 5.74) is 2.71. The average molecular weight is 358 g/mol. The minimum absolute atomic E-state index is 0.0872. The molecule has 8 heteroatoms. The van der Waals surface area contributed by atoms with Gasteiger partial charge in [0.1, 0.15) is 4.92 Å². The van der Waals surface area contributed by atoms with E-state index in [1.807, 2.05) is 25.1 Å². The molecule has 1 amide bonds. The number of hydrogen-bond donors (Lipinski definition) is 1. The molecule has 1 saturated heterocycles. The van der Waals surface area contributed by atoms with Gasteiger partial charge in [0.2, 0.25) is 0 Å². The van der Waals surface area contributed by atoms with Gasteiger partial charge in [0, 0.05) is 37.6 Å². The predicted molar refractivity (Wildman–Crippen MR) is 98.8 cm³/mol. The highest BCUT2D eigenvalue weighted by molar-refractivity contribution is 6.02. The molecule has 0 spiro atoms. The Morgan fingerprint density at radius 1 is 1.23 bits per heavy atom. The van der Waals surface area contributed by atoms with E-state index in [4.69, 9.17) is 4.42 Å². The molecule has 0 saturated carbocycles. The van der Waals surface area contributed by atoms with E-state index in [2.05, 4.69) is 22.0 Å². The Morgan fingerprint density at radius 2 is 1.96 bits per heavy atom. The first-order chi connectivity index (χ1) is 12.5. The van der Waals surface area contributed by atoms with Gasteiger partial charge in [-0.2, -0.15) is 0 Å². The van der Waals surface area contributed by atoms with Crippen molar-refractivity contribution in [2.45, 2.75) is 13.8 Å². The number of nitrogens with one attached hydrogen (secondary N) is 1. The Balaban J connectivity index is 1.67. The van der Waals surface area contributed by atoms with Crippen LogP contribution in [-0.4, -0.2) is 48.5 Å². The maximum Gasteiger partial charge on any atom is 0.433 e. The van der Waals surface area contributed by atoms with Gasteiger partial charge in [-0.25, -0.2) is 0 Å². The van der Waals surface area contributed by atoms with E-state index < -0.39 is 16.7 Å². The Morgan fingerprint density at radius 3 is 2.54 bits per heavy atom. The Hall–Kier alpha value is -2.87. The second-order valence-electron chi connectivity index (χ2n) is 6.27. The molecular formula is C18H22N4O4. The predicted octanol–water partition coefficient (Wildman–Crippen LogP) is 2.89. The number of anilines is 2. The van der Waals surface area contributed by atoms with Crippen LogP contribution in [0.25, 0.3) is 0 Å². The molecule has 1 aliphatic rings. The zero-order chi connectivity index (χ0) is 18.7. The van der Waals surface area contributed by atoms with E-state index in [1.54, 1.807) is 0 Å². The van der Waals surface area contributed by atoms with Gasteiger partial charge >= 0.3 is 5.88 Å². The summed E-state index contributed by atoms with van der Waals surface area (Å²) in [6.45, 7) is 9.22. The number of carbonyl (C=O) groups excluding carboxylic acids is 1. The van der Waals surface area contributed by atoms with Crippen LogP contribution in [0.4, 0.5) is 17.3 Å². The Bertz CT molecular complexity index is 809. The fourth-order valence-electron chi connectivity index (χ4n) is 3.04. The van der Waals surface area contributed by atoms with Crippen molar-refractivity contribution in [3.63, 3.8) is 0 Å². The normalized spacial score (nSPS) is 15.1. The Kier molecular flexibility index (Phi) is 5.22. The SMILES string of the molecule is CCN1CCN(c2ccc(NC(=O)c3ccc([N+](=O)[O-])o3)c(C)c2)CC1. The van der Waals surface area contributed by atoms with Crippen LogP contribution >= 0.6 is 0 Å². The van der Waals surface area contributed by atoms with Crippen LogP contribution in [0.5, 0.6) is 0 Å². The number of likely N-dealkylation sites (N-methyl/N-ethyl adjacent to an activating group) is 1. The lowest BCUT2D eigenvalue weighted by atomic mass is 10.1. The number of benzene rings is 1. The molecule has 138 valence electrons. The molecule has 0 radical (unpaired) electrons. The first-order valence-corrected chi connectivity index (χ1v) is 8.61. The lowest BCUT2D eigenvalue weighted by molar-refractivity contribution is -0.402. The smallest absolute Gasteiger partial charge is 0.395 e. The molecule has 1 aromatic carbocycles. The summed E-state index contributed by atoms with van der Waals surface area (Å²) in [5.74, 6) is -1.05. The van der Waals surface area contributed by atoms with Gasteiger partial charge in [0.15, 0.2) is 5.76 Å². The number of nitrogens with zero attached hydrogens (tertiary/aromatic N) is 3. The van der Waals surface area contributed by atoms with Crippen LogP contribution in [0.3, 0.4) is 0 Å². The van der Waals surface area contributed by atoms with Gasteiger partial charge in [-0.15, -0.1) is 0 Å². The molecule has 3 rings (SSSR count). The van der Waals surface area contributed by atoms with Crippen LogP contribution < -0.4 is 10.2 Å². The Labute approximate surface area is 151 Å². The third-order valence-electron chi connectivity index (χ3n) is 4.64. The van der Waals surface area contributed by atoms with E-state index in [-0.39, 0.29) is 5.76 Å². The fraction of sp³-hybridized carbons (Fsp3) is 0.389. The van der Waals surface area contributed by atoms with Crippen LogP contribution in [0.1, 0.15) is 23.0 Å². The first kappa shape index (κ1) is 17.9. The van der Waals surface area contributed by atoms with E-state index in [9.17, 15) is 14.9 Å². The molecule has 2 aromatic rings. The van der Waals surface area contributed by atoms with Crippen molar-refractivity contribution in [3.8, 4) is 0 Å². The number of aryl methyl sites for hydroxylation is 1. The van der Waals surface area contributed by atoms with Crippen molar-refractivity contribution in [3.05, 3.63) is 51.8 Å². The van der Waals surface area contributed by atoms with Crippen molar-refractivity contribution >= 4 is 23.2 Å². The van der Waals surface area contributed by atoms with Gasteiger partial charge < -0.3 is 19.5 Å². The molecular weight excluding hydrogens is 336 g/mol. The monoisotopic (exact) mass is 358 g/mol. The summed E-state index contributed by atoms with van der Waals surface area (Å²) >= 11 is 0. The maximum atomic E-state index is 12.2. The van der Waals surface area contributed by atoms with Gasteiger partial charge in [-0.3, -0.25) is 14.9 Å². The second kappa shape index (κ2) is 7.57. The minimum Gasteiger partial charge on any atom is -0.395 e. The molecule has 1 fully saturated rings. The number of nitro groups is 1. The van der Waals surface area contributed by atoms with Crippen molar-refractivity contribution < 1.29 is 14.1 Å². The van der Waals surface area contributed by atoms with Gasteiger partial charge in [-0.1, -0.05) is 6.92 Å². The minimum atomic E-state index is -0.672. The highest BCUT2D eigenvalue weighted by Crippen LogP contribution is 2.25. The van der Waals surface area contributed by atoms with Crippen LogP contribution in [-0.2, 0) is 0 Å². The molecule has 0 aliphatic carbocycles. The molecule has 2 heterocycles. The zero-order valence-corrected chi connectivity index (χ0v) is 14.9. The number of rotatable bonds is 5. The van der Waals surface area contributed by atoms with E-state index in [0.717, 1.165) is 44.0 Å². The van der Waals surface area contributed by atoms with Crippen LogP contribution in [0.15, 0.2) is 34.7 Å². The molecule has 1 aromatic heterocycles. The van der Waals surface area contributed by atoms with Crippen LogP contribution in [0.2, 0.25) is 0 Å². The number of carbonyl (C=O) groups is 1. The number of furan rings is 1. The zero-order valence-electron chi connectivity index (χ0n) is 14.9. The molecule has 1 aliphatic heterocycles. The fourth-order valence-corrected chi connectivity index (χ4v) is 3.04. The number of amides is 1. The molecule has 0 unspecified atom stereocenters. The molecule has 8 nitrogen and oxygen atoms in total. The third-order valence-corrected chi connectivity index (χ3v) is 4.64. The van der Waals surface area contributed by atoms with Crippen LogP contribution in [0, 0.1) is 17.0 Å². The van der Waals surface area contributed by atoms with E-state index in [0.29, 0.717) is 5.69 Å². The summed E-state index contributed by atoms with van der Waals surface area (Å²) < 4.78 is 4.93. The first-order valence-electron chi connectivity index (χ1n) is 8.61. The van der Waals surface area contributed by atoms with Gasteiger partial charge in [0.05, 0.1) is 6.07 Å². The summed E-state index contributed by atoms with van der Waals surface area (Å²) in [5, 5.41) is 13.4. The molecule has 0 bridgehead atoms. The summed E-state index contributed by atoms with van der Waals surface area (Å²) in [6.07, 6.45) is 0. The summed E-state index contributed by atoms with van der Waals surface area (Å²) in [7, 11) is 0. The third kappa shape index (κ3) is 3.85.